The number of piperazine rings is 1. The maximum Gasteiger partial charge on any atom is 0.253 e. The highest BCUT2D eigenvalue weighted by atomic mass is 16.5. The molecule has 1 heterocycles. The zero-order chi connectivity index (χ0) is 23.4. The van der Waals surface area contributed by atoms with Crippen LogP contribution >= 0.6 is 0 Å². The molecule has 4 rings (SSSR count). The average Bonchev–Trinajstić information content (AvgIpc) is 3.59. The van der Waals surface area contributed by atoms with E-state index in [-0.39, 0.29) is 23.6 Å². The quantitative estimate of drug-likeness (QED) is 0.704. The number of aryl methyl sites for hydroxylation is 1. The molecule has 174 valence electrons. The van der Waals surface area contributed by atoms with E-state index >= 15 is 0 Å². The minimum atomic E-state index is -0.0472. The molecule has 1 aliphatic heterocycles. The van der Waals surface area contributed by atoms with Gasteiger partial charge >= 0.3 is 0 Å². The minimum Gasteiger partial charge on any atom is -0.497 e. The van der Waals surface area contributed by atoms with Gasteiger partial charge in [-0.25, -0.2) is 0 Å². The van der Waals surface area contributed by atoms with E-state index in [9.17, 15) is 14.4 Å². The number of anilines is 1. The molecule has 1 saturated carbocycles. The summed E-state index contributed by atoms with van der Waals surface area (Å²) in [5.74, 6) is 1.49. The van der Waals surface area contributed by atoms with E-state index in [0.29, 0.717) is 56.2 Å². The summed E-state index contributed by atoms with van der Waals surface area (Å²) >= 11 is 0. The van der Waals surface area contributed by atoms with Gasteiger partial charge in [0.25, 0.3) is 5.91 Å². The molecular weight excluding hydrogens is 418 g/mol. The molecule has 0 radical (unpaired) electrons. The van der Waals surface area contributed by atoms with Crippen molar-refractivity contribution in [1.29, 1.82) is 0 Å². The number of rotatable bonds is 7. The fourth-order valence-electron chi connectivity index (χ4n) is 4.16. The second-order valence-electron chi connectivity index (χ2n) is 8.91. The third-order valence-electron chi connectivity index (χ3n) is 6.55. The maximum atomic E-state index is 12.9. The molecule has 2 aromatic rings. The van der Waals surface area contributed by atoms with Gasteiger partial charge in [-0.3, -0.25) is 14.4 Å². The van der Waals surface area contributed by atoms with E-state index in [1.54, 1.807) is 36.3 Å². The molecule has 0 bridgehead atoms. The van der Waals surface area contributed by atoms with E-state index < -0.39 is 0 Å². The van der Waals surface area contributed by atoms with Crippen molar-refractivity contribution in [1.82, 2.24) is 9.80 Å². The monoisotopic (exact) mass is 449 g/mol. The van der Waals surface area contributed by atoms with Gasteiger partial charge in [0.15, 0.2) is 0 Å². The predicted octanol–water partition coefficient (Wildman–Crippen LogP) is 3.21. The summed E-state index contributed by atoms with van der Waals surface area (Å²) in [5, 5.41) is 2.91. The first-order valence-corrected chi connectivity index (χ1v) is 11.6. The molecule has 1 saturated heterocycles. The van der Waals surface area contributed by atoms with Crippen molar-refractivity contribution in [3.05, 3.63) is 59.7 Å². The van der Waals surface area contributed by atoms with Crippen molar-refractivity contribution < 1.29 is 19.1 Å². The SMILES string of the molecule is COc1ccc(CCC(=O)N2CCN(C(=O)c3ccc(NC(=O)C4CC4C)cc3)CC2)cc1. The Morgan fingerprint density at radius 1 is 0.939 bits per heavy atom. The highest BCUT2D eigenvalue weighted by Gasteiger charge is 2.39. The number of hydrogen-bond acceptors (Lipinski definition) is 4. The van der Waals surface area contributed by atoms with Gasteiger partial charge in [-0.15, -0.1) is 0 Å². The minimum absolute atomic E-state index is 0.0472. The van der Waals surface area contributed by atoms with Gasteiger partial charge in [-0.1, -0.05) is 19.1 Å². The molecule has 3 amide bonds. The summed E-state index contributed by atoms with van der Waals surface area (Å²) in [6, 6.07) is 14.8. The molecule has 7 heteroatoms. The number of hydrogen-bond donors (Lipinski definition) is 1. The molecule has 0 aromatic heterocycles. The van der Waals surface area contributed by atoms with Crippen molar-refractivity contribution in [3.8, 4) is 5.75 Å². The van der Waals surface area contributed by atoms with E-state index in [1.165, 1.54) is 0 Å². The van der Waals surface area contributed by atoms with Crippen LogP contribution in [0.5, 0.6) is 5.75 Å². The number of amides is 3. The second-order valence-corrected chi connectivity index (χ2v) is 8.91. The molecule has 1 aliphatic carbocycles. The zero-order valence-electron chi connectivity index (χ0n) is 19.3. The highest BCUT2D eigenvalue weighted by Crippen LogP contribution is 2.38. The number of methoxy groups -OCH3 is 1. The van der Waals surface area contributed by atoms with Gasteiger partial charge in [0.05, 0.1) is 7.11 Å². The Labute approximate surface area is 194 Å². The van der Waals surface area contributed by atoms with Crippen LogP contribution in [-0.4, -0.2) is 60.8 Å². The van der Waals surface area contributed by atoms with Crippen molar-refractivity contribution in [2.75, 3.05) is 38.6 Å². The van der Waals surface area contributed by atoms with E-state index in [2.05, 4.69) is 12.2 Å². The Balaban J connectivity index is 1.22. The maximum absolute atomic E-state index is 12.9. The number of benzene rings is 2. The van der Waals surface area contributed by atoms with E-state index in [4.69, 9.17) is 4.74 Å². The van der Waals surface area contributed by atoms with Crippen LogP contribution in [0.1, 0.15) is 35.7 Å². The number of nitrogens with one attached hydrogen (secondary N) is 1. The van der Waals surface area contributed by atoms with E-state index in [0.717, 1.165) is 17.7 Å². The Morgan fingerprint density at radius 3 is 2.12 bits per heavy atom. The third-order valence-corrected chi connectivity index (χ3v) is 6.55. The molecule has 2 unspecified atom stereocenters. The van der Waals surface area contributed by atoms with Gasteiger partial charge in [0, 0.05) is 49.8 Å². The number of carbonyl (C=O) groups is 3. The summed E-state index contributed by atoms with van der Waals surface area (Å²) in [7, 11) is 1.63. The Kier molecular flexibility index (Phi) is 6.96. The van der Waals surface area contributed by atoms with Crippen LogP contribution in [0.25, 0.3) is 0 Å². The Morgan fingerprint density at radius 2 is 1.55 bits per heavy atom. The van der Waals surface area contributed by atoms with Crippen LogP contribution in [0.3, 0.4) is 0 Å². The number of ether oxygens (including phenoxy) is 1. The summed E-state index contributed by atoms with van der Waals surface area (Å²) in [5.41, 5.74) is 2.40. The Hall–Kier alpha value is -3.35. The molecule has 1 N–H and O–H groups in total. The number of carbonyl (C=O) groups excluding carboxylic acids is 3. The van der Waals surface area contributed by atoms with Gasteiger partial charge < -0.3 is 19.9 Å². The van der Waals surface area contributed by atoms with Crippen LogP contribution in [0.4, 0.5) is 5.69 Å². The Bertz CT molecular complexity index is 995. The second kappa shape index (κ2) is 10.1. The predicted molar refractivity (Wildman–Crippen MR) is 126 cm³/mol. The van der Waals surface area contributed by atoms with Crippen LogP contribution in [0, 0.1) is 11.8 Å². The summed E-state index contributed by atoms with van der Waals surface area (Å²) in [6.45, 7) is 4.19. The topological polar surface area (TPSA) is 79.0 Å². The van der Waals surface area contributed by atoms with Gasteiger partial charge in [-0.2, -0.15) is 0 Å². The van der Waals surface area contributed by atoms with E-state index in [1.807, 2.05) is 29.2 Å². The lowest BCUT2D eigenvalue weighted by molar-refractivity contribution is -0.132. The molecule has 2 aliphatic rings. The van der Waals surface area contributed by atoms with Crippen LogP contribution in [0.2, 0.25) is 0 Å². The lowest BCUT2D eigenvalue weighted by Gasteiger charge is -2.35. The molecule has 2 fully saturated rings. The van der Waals surface area contributed by atoms with Crippen molar-refractivity contribution in [3.63, 3.8) is 0 Å². The van der Waals surface area contributed by atoms with Gasteiger partial charge in [0.1, 0.15) is 5.75 Å². The normalized spacial score (nSPS) is 19.7. The zero-order valence-corrected chi connectivity index (χ0v) is 19.3. The van der Waals surface area contributed by atoms with Crippen molar-refractivity contribution in [2.24, 2.45) is 11.8 Å². The van der Waals surface area contributed by atoms with Crippen molar-refractivity contribution >= 4 is 23.4 Å². The molecule has 2 atom stereocenters. The summed E-state index contributed by atoms with van der Waals surface area (Å²) < 4.78 is 5.16. The first kappa shape index (κ1) is 22.8. The fraction of sp³-hybridized carbons (Fsp3) is 0.423. The lowest BCUT2D eigenvalue weighted by Crippen LogP contribution is -2.50. The van der Waals surface area contributed by atoms with Gasteiger partial charge in [-0.05, 0) is 60.7 Å². The molecule has 33 heavy (non-hydrogen) atoms. The largest absolute Gasteiger partial charge is 0.497 e. The van der Waals surface area contributed by atoms with Crippen LogP contribution < -0.4 is 10.1 Å². The van der Waals surface area contributed by atoms with Crippen molar-refractivity contribution in [2.45, 2.75) is 26.2 Å². The lowest BCUT2D eigenvalue weighted by atomic mass is 10.1. The molecule has 0 spiro atoms. The molecule has 7 nitrogen and oxygen atoms in total. The molecule has 2 aromatic carbocycles. The molecular formula is C26H31N3O4. The fourth-order valence-corrected chi connectivity index (χ4v) is 4.16. The smallest absolute Gasteiger partial charge is 0.253 e. The van der Waals surface area contributed by atoms with Crippen LogP contribution in [0.15, 0.2) is 48.5 Å². The number of nitrogens with zero attached hydrogens (tertiary/aromatic N) is 2. The van der Waals surface area contributed by atoms with Crippen LogP contribution in [-0.2, 0) is 16.0 Å². The highest BCUT2D eigenvalue weighted by molar-refractivity contribution is 5.97. The first-order valence-electron chi connectivity index (χ1n) is 11.6. The third kappa shape index (κ3) is 5.72. The summed E-state index contributed by atoms with van der Waals surface area (Å²) in [4.78, 5) is 41.2. The summed E-state index contributed by atoms with van der Waals surface area (Å²) in [6.07, 6.45) is 2.08. The first-order chi connectivity index (χ1) is 15.9. The average molecular weight is 450 g/mol. The standard InChI is InChI=1S/C26H31N3O4/c1-18-17-23(18)25(31)27-21-8-6-20(7-9-21)26(32)29-15-13-28(14-16-29)24(30)12-5-19-3-10-22(33-2)11-4-19/h3-4,6-11,18,23H,5,12-17H2,1-2H3,(H,27,31). The van der Waals surface area contributed by atoms with Gasteiger partial charge in [0.2, 0.25) is 11.8 Å².